The average Bonchev–Trinajstić information content (AvgIpc) is 3.42. The number of carbonyl (C=O) groups is 3. The zero-order chi connectivity index (χ0) is 58.7. The Bertz CT molecular complexity index is 1880. The zero-order valence-electron chi connectivity index (χ0n) is 47.8. The van der Waals surface area contributed by atoms with Gasteiger partial charge in [-0.3, -0.25) is 14.4 Å². The minimum atomic E-state index is -2.01. The van der Waals surface area contributed by atoms with E-state index in [0.717, 1.165) is 70.6 Å². The number of unbranched alkanes of at least 4 members (excludes halogenated alkanes) is 2. The maximum atomic E-state index is 14.0. The molecule has 0 radical (unpaired) electrons. The van der Waals surface area contributed by atoms with E-state index in [1.54, 1.807) is 34.6 Å². The van der Waals surface area contributed by atoms with Gasteiger partial charge in [0.15, 0.2) is 49.8 Å². The fraction of sp³-hybridized carbons (Fsp3) is 0.945. The van der Waals surface area contributed by atoms with Crippen LogP contribution >= 0.6 is 0 Å². The highest BCUT2D eigenvalue weighted by Gasteiger charge is 2.58. The number of hydrogen-bond donors (Lipinski definition) is 9. The molecule has 0 spiro atoms. The summed E-state index contributed by atoms with van der Waals surface area (Å²) in [5.74, 6) is -3.57. The Morgan fingerprint density at radius 3 is 1.76 bits per heavy atom. The van der Waals surface area contributed by atoms with Crippen molar-refractivity contribution in [3.05, 3.63) is 0 Å². The van der Waals surface area contributed by atoms with Crippen molar-refractivity contribution in [2.24, 2.45) is 11.8 Å². The lowest BCUT2D eigenvalue weighted by molar-refractivity contribution is -0.398. The van der Waals surface area contributed by atoms with Crippen LogP contribution in [0.2, 0.25) is 0 Å². The topological polar surface area (TPSA) is 353 Å². The maximum Gasteiger partial charge on any atom is 0.309 e. The monoisotopic (exact) mass is 1150 g/mol. The molecule has 0 aliphatic carbocycles. The van der Waals surface area contributed by atoms with Crippen LogP contribution in [0.4, 0.5) is 0 Å². The van der Waals surface area contributed by atoms with Crippen LogP contribution in [0.3, 0.4) is 0 Å². The molecule has 2 bridgehead atoms. The van der Waals surface area contributed by atoms with E-state index in [2.05, 4.69) is 6.92 Å². The van der Waals surface area contributed by atoms with E-state index in [1.165, 1.54) is 20.8 Å². The first-order chi connectivity index (χ1) is 38.0. The van der Waals surface area contributed by atoms with Crippen molar-refractivity contribution >= 4 is 17.9 Å². The van der Waals surface area contributed by atoms with Gasteiger partial charge in [0.1, 0.15) is 79.4 Å². The zero-order valence-corrected chi connectivity index (χ0v) is 47.8. The van der Waals surface area contributed by atoms with Crippen LogP contribution in [-0.4, -0.2) is 230 Å². The molecule has 0 aromatic carbocycles. The first-order valence-corrected chi connectivity index (χ1v) is 29.2. The number of esters is 3. The van der Waals surface area contributed by atoms with Crippen molar-refractivity contribution in [2.75, 3.05) is 6.61 Å². The smallest absolute Gasteiger partial charge is 0.309 e. The number of aliphatic hydroxyl groups is 9. The number of ether oxygens (including phenoxy) is 13. The third kappa shape index (κ3) is 16.7. The van der Waals surface area contributed by atoms with Crippen LogP contribution in [0.1, 0.15) is 152 Å². The van der Waals surface area contributed by atoms with Crippen molar-refractivity contribution in [3.63, 3.8) is 0 Å². The van der Waals surface area contributed by atoms with Gasteiger partial charge in [0.2, 0.25) is 0 Å². The lowest BCUT2D eigenvalue weighted by atomic mass is 9.95. The standard InChI is InChI=1S/C55H94O25/c1-10-12-18-21-31-22-19-16-14-13-15-17-20-23-33(57)74-46-41(65)44(29(8)70-54(46)77-43-28(7)68-51(72-31)39(63)37(43)61)78-55-48(76-50(67)26(5)11-2)47(80-53-38(62)35(59)34(58)32(24-56)73-53)45(30(9)71-55)79-52-40(64)36(60)42(27(6)69-52)75-49(66)25(3)4/h25-32,34-48,51-56,58-65H,10-24H2,1-9H3/t26-,27-,28-,29-,30-,31-,32+,34+,35-,36-,37-,38+,39+,40+,41+,42-,43-,44-,45-,46+,47+,48+,51-,52-,53-,54-,55-/m0/s1. The van der Waals surface area contributed by atoms with Crippen molar-refractivity contribution in [1.82, 2.24) is 0 Å². The lowest BCUT2D eigenvalue weighted by Crippen LogP contribution is -2.68. The summed E-state index contributed by atoms with van der Waals surface area (Å²) in [5.41, 5.74) is 0. The van der Waals surface area contributed by atoms with Gasteiger partial charge in [0, 0.05) is 6.42 Å². The molecule has 7 aliphatic rings. The number of aliphatic hydroxyl groups excluding tert-OH is 9. The first-order valence-electron chi connectivity index (χ1n) is 29.2. The fourth-order valence-electron chi connectivity index (χ4n) is 10.9. The quantitative estimate of drug-likeness (QED) is 0.0592. The molecule has 0 amide bonds. The highest BCUT2D eigenvalue weighted by Crippen LogP contribution is 2.39. The Hall–Kier alpha value is -2.35. The molecule has 25 heteroatoms. The number of rotatable bonds is 16. The molecule has 7 heterocycles. The average molecular weight is 1160 g/mol. The van der Waals surface area contributed by atoms with Crippen LogP contribution < -0.4 is 0 Å². The SMILES string of the molecule is CCCCC[C@H]1CCCCCCCCCC(=O)O[C@H]2[C@H](O[C@@H]3[C@@H](O)[C@@H](O)[C@H](O1)O[C@H]3C)O[C@@H](C)[C@H](O[C@@H]1O[C@@H](C)[C@H](O[C@@H]3O[C@@H](C)[C@H](OC(=O)C(C)C)[C@@H](O)[C@H]3O)[C@@H](O[C@@H]3O[C@H](CO)[C@@H](O)[C@H](O)[C@H]3O)[C@H]1OC(=O)[C@@H](C)CC)[C@H]2O. The van der Waals surface area contributed by atoms with E-state index in [9.17, 15) is 60.3 Å². The summed E-state index contributed by atoms with van der Waals surface area (Å²) in [4.78, 5) is 40.3. The van der Waals surface area contributed by atoms with Gasteiger partial charge < -0.3 is 108 Å². The molecule has 80 heavy (non-hydrogen) atoms. The van der Waals surface area contributed by atoms with Crippen LogP contribution in [-0.2, 0) is 76.0 Å². The molecule has 25 nitrogen and oxygen atoms in total. The predicted molar refractivity (Wildman–Crippen MR) is 275 cm³/mol. The number of fused-ring (bicyclic) bond motifs is 14. The lowest BCUT2D eigenvalue weighted by Gasteiger charge is -2.51. The van der Waals surface area contributed by atoms with E-state index >= 15 is 0 Å². The summed E-state index contributed by atoms with van der Waals surface area (Å²) in [6.45, 7) is 13.8. The summed E-state index contributed by atoms with van der Waals surface area (Å²) >= 11 is 0. The summed E-state index contributed by atoms with van der Waals surface area (Å²) in [5, 5.41) is 101. The van der Waals surface area contributed by atoms with Gasteiger partial charge in [0.25, 0.3) is 0 Å². The molecular formula is C55H94O25. The van der Waals surface area contributed by atoms with Gasteiger partial charge in [-0.05, 0) is 53.4 Å². The van der Waals surface area contributed by atoms with Gasteiger partial charge in [-0.2, -0.15) is 0 Å². The van der Waals surface area contributed by atoms with Gasteiger partial charge in [-0.15, -0.1) is 0 Å². The largest absolute Gasteiger partial charge is 0.457 e. The van der Waals surface area contributed by atoms with Crippen LogP contribution in [0.15, 0.2) is 0 Å². The second kappa shape index (κ2) is 31.2. The summed E-state index contributed by atoms with van der Waals surface area (Å²) in [6, 6.07) is 0. The van der Waals surface area contributed by atoms with Crippen LogP contribution in [0, 0.1) is 11.8 Å². The Morgan fingerprint density at radius 2 is 1.10 bits per heavy atom. The van der Waals surface area contributed by atoms with Gasteiger partial charge in [0.05, 0.1) is 49.0 Å². The molecule has 7 aliphatic heterocycles. The summed E-state index contributed by atoms with van der Waals surface area (Å²) < 4.78 is 80.5. The van der Waals surface area contributed by atoms with E-state index in [0.29, 0.717) is 6.42 Å². The Balaban J connectivity index is 1.32. The third-order valence-electron chi connectivity index (χ3n) is 16.2. The molecule has 7 saturated heterocycles. The minimum Gasteiger partial charge on any atom is -0.457 e. The number of hydrogen-bond acceptors (Lipinski definition) is 25. The molecule has 27 atom stereocenters. The van der Waals surface area contributed by atoms with E-state index < -0.39 is 190 Å². The Kier molecular flexibility index (Phi) is 26.0. The number of carbonyl (C=O) groups excluding carboxylic acids is 3. The summed E-state index contributed by atoms with van der Waals surface area (Å²) in [7, 11) is 0. The molecule has 464 valence electrons. The molecular weight excluding hydrogens is 1060 g/mol. The van der Waals surface area contributed by atoms with Gasteiger partial charge in [-0.25, -0.2) is 0 Å². The second-order valence-electron chi connectivity index (χ2n) is 22.9. The van der Waals surface area contributed by atoms with E-state index in [1.807, 2.05) is 0 Å². The highest BCUT2D eigenvalue weighted by molar-refractivity contribution is 5.72. The fourth-order valence-corrected chi connectivity index (χ4v) is 10.9. The molecule has 7 fully saturated rings. The Labute approximate surface area is 469 Å². The predicted octanol–water partition coefficient (Wildman–Crippen LogP) is 1.04. The summed E-state index contributed by atoms with van der Waals surface area (Å²) in [6.07, 6.45) is -29.2. The molecule has 0 aromatic rings. The van der Waals surface area contributed by atoms with Crippen LogP contribution in [0.25, 0.3) is 0 Å². The second-order valence-corrected chi connectivity index (χ2v) is 22.9. The molecule has 9 N–H and O–H groups in total. The van der Waals surface area contributed by atoms with Crippen molar-refractivity contribution in [1.29, 1.82) is 0 Å². The van der Waals surface area contributed by atoms with E-state index in [4.69, 9.17) is 61.6 Å². The van der Waals surface area contributed by atoms with Gasteiger partial charge >= 0.3 is 17.9 Å². The maximum absolute atomic E-state index is 14.0. The molecule has 0 saturated carbocycles. The molecule has 0 unspecified atom stereocenters. The minimum absolute atomic E-state index is 0.0338. The van der Waals surface area contributed by atoms with Crippen LogP contribution in [0.5, 0.6) is 0 Å². The first kappa shape index (κ1) is 66.8. The van der Waals surface area contributed by atoms with Gasteiger partial charge in [-0.1, -0.05) is 92.4 Å². The van der Waals surface area contributed by atoms with Crippen molar-refractivity contribution < 1.29 is 122 Å². The van der Waals surface area contributed by atoms with Crippen molar-refractivity contribution in [3.8, 4) is 0 Å². The van der Waals surface area contributed by atoms with E-state index in [-0.39, 0.29) is 18.9 Å². The highest BCUT2D eigenvalue weighted by atomic mass is 16.8. The third-order valence-corrected chi connectivity index (χ3v) is 16.2. The molecule has 7 rings (SSSR count). The Morgan fingerprint density at radius 1 is 0.525 bits per heavy atom. The normalized spacial score (nSPS) is 44.3. The molecule has 0 aromatic heterocycles. The van der Waals surface area contributed by atoms with Crippen molar-refractivity contribution in [2.45, 2.75) is 312 Å².